The molecule has 0 saturated heterocycles. The van der Waals surface area contributed by atoms with Crippen LogP contribution in [0.4, 0.5) is 5.69 Å². The molecule has 34 heavy (non-hydrogen) atoms. The van der Waals surface area contributed by atoms with Crippen molar-refractivity contribution < 1.29 is 14.4 Å². The van der Waals surface area contributed by atoms with E-state index in [1.165, 1.54) is 35.2 Å². The lowest BCUT2D eigenvalue weighted by Gasteiger charge is -2.20. The molecule has 4 aromatic rings. The van der Waals surface area contributed by atoms with Gasteiger partial charge in [0.1, 0.15) is 10.6 Å². The number of rotatable bonds is 7. The van der Waals surface area contributed by atoms with Gasteiger partial charge in [-0.2, -0.15) is 0 Å². The van der Waals surface area contributed by atoms with Crippen molar-refractivity contribution in [3.63, 3.8) is 0 Å². The summed E-state index contributed by atoms with van der Waals surface area (Å²) in [5.74, 6) is 0.932. The molecule has 5 rings (SSSR count). The van der Waals surface area contributed by atoms with Crippen molar-refractivity contribution in [3.8, 4) is 16.9 Å². The van der Waals surface area contributed by atoms with Gasteiger partial charge < -0.3 is 9.47 Å². The maximum absolute atomic E-state index is 13.5. The van der Waals surface area contributed by atoms with Crippen LogP contribution in [0.3, 0.4) is 0 Å². The first kappa shape index (κ1) is 22.3. The van der Waals surface area contributed by atoms with Gasteiger partial charge in [0.15, 0.2) is 11.9 Å². The van der Waals surface area contributed by atoms with E-state index in [0.29, 0.717) is 44.5 Å². The number of nitrogens with zero attached hydrogens (tertiary/aromatic N) is 3. The Bertz CT molecular complexity index is 1460. The molecule has 0 fully saturated rings. The number of thioether (sulfide) groups is 1. The Balaban J connectivity index is 1.56. The van der Waals surface area contributed by atoms with E-state index in [0.717, 1.165) is 11.1 Å². The predicted molar refractivity (Wildman–Crippen MR) is 132 cm³/mol. The van der Waals surface area contributed by atoms with Gasteiger partial charge in [-0.15, -0.1) is 17.9 Å². The van der Waals surface area contributed by atoms with Crippen molar-refractivity contribution in [2.24, 2.45) is 0 Å². The summed E-state index contributed by atoms with van der Waals surface area (Å²) in [6.07, 6.45) is 1.66. The van der Waals surface area contributed by atoms with Crippen LogP contribution in [0.5, 0.6) is 5.75 Å². The molecule has 3 heterocycles. The molecule has 0 amide bonds. The number of aromatic nitrogens is 2. The fourth-order valence-corrected chi connectivity index (χ4v) is 5.84. The van der Waals surface area contributed by atoms with Gasteiger partial charge in [0.2, 0.25) is 0 Å². The molecule has 0 atom stereocenters. The first-order valence-corrected chi connectivity index (χ1v) is 12.2. The second-order valence-electron chi connectivity index (χ2n) is 7.54. The van der Waals surface area contributed by atoms with Gasteiger partial charge in [0, 0.05) is 46.5 Å². The van der Waals surface area contributed by atoms with Crippen molar-refractivity contribution in [3.05, 3.63) is 92.1 Å². The highest BCUT2D eigenvalue weighted by Crippen LogP contribution is 2.37. The Morgan fingerprint density at radius 2 is 2.12 bits per heavy atom. The Kier molecular flexibility index (Phi) is 6.18. The molecule has 2 aromatic carbocycles. The van der Waals surface area contributed by atoms with Crippen LogP contribution >= 0.6 is 23.1 Å². The smallest absolute Gasteiger partial charge is 0.270 e. The van der Waals surface area contributed by atoms with Crippen molar-refractivity contribution in [1.82, 2.24) is 9.55 Å². The summed E-state index contributed by atoms with van der Waals surface area (Å²) in [5, 5.41) is 14.5. The lowest BCUT2D eigenvalue weighted by Crippen LogP contribution is -2.22. The predicted octanol–water partition coefficient (Wildman–Crippen LogP) is 5.38. The van der Waals surface area contributed by atoms with Gasteiger partial charge >= 0.3 is 0 Å². The monoisotopic (exact) mass is 493 g/mol. The Morgan fingerprint density at radius 3 is 2.88 bits per heavy atom. The molecule has 1 aliphatic rings. The molecule has 0 unspecified atom stereocenters. The third kappa shape index (κ3) is 4.11. The van der Waals surface area contributed by atoms with Crippen LogP contribution in [0.1, 0.15) is 11.1 Å². The van der Waals surface area contributed by atoms with Gasteiger partial charge in [-0.25, -0.2) is 4.98 Å². The van der Waals surface area contributed by atoms with E-state index in [-0.39, 0.29) is 24.6 Å². The minimum Gasteiger partial charge on any atom is -0.467 e. The lowest BCUT2D eigenvalue weighted by atomic mass is 10.1. The molecule has 0 bridgehead atoms. The zero-order chi connectivity index (χ0) is 23.7. The summed E-state index contributed by atoms with van der Waals surface area (Å²) in [4.78, 5) is 29.9. The molecule has 172 valence electrons. The molecule has 8 nitrogen and oxygen atoms in total. The third-order valence-corrected chi connectivity index (χ3v) is 7.29. The number of allylic oxidation sites excluding steroid dienone is 1. The maximum atomic E-state index is 13.5. The van der Waals surface area contributed by atoms with Crippen LogP contribution in [0, 0.1) is 10.1 Å². The minimum atomic E-state index is -0.433. The van der Waals surface area contributed by atoms with Crippen molar-refractivity contribution >= 4 is 39.0 Å². The standard InChI is InChI=1S/C24H19N3O5S2/c1-2-8-26-23(28)20-19(15-6-4-3-5-7-15)13-33-22(20)25-24(26)34-12-17-10-18(27(29)30)9-16-11-31-14-32-21(16)17/h2-7,9-10,13H,1,8,11-12,14H2. The molecular weight excluding hydrogens is 474 g/mol. The van der Waals surface area contributed by atoms with E-state index in [9.17, 15) is 14.9 Å². The summed E-state index contributed by atoms with van der Waals surface area (Å²) in [6.45, 7) is 4.42. The Labute approximate surface area is 202 Å². The highest BCUT2D eigenvalue weighted by atomic mass is 32.2. The van der Waals surface area contributed by atoms with Crippen LogP contribution in [0.15, 0.2) is 70.5 Å². The number of benzene rings is 2. The number of hydrogen-bond donors (Lipinski definition) is 0. The van der Waals surface area contributed by atoms with E-state index >= 15 is 0 Å². The molecule has 0 spiro atoms. The molecule has 0 radical (unpaired) electrons. The first-order valence-electron chi connectivity index (χ1n) is 10.4. The number of nitro benzene ring substituents is 1. The highest BCUT2D eigenvalue weighted by Gasteiger charge is 2.22. The van der Waals surface area contributed by atoms with E-state index in [1.807, 2.05) is 35.7 Å². The molecule has 2 aromatic heterocycles. The van der Waals surface area contributed by atoms with Crippen LogP contribution in [-0.4, -0.2) is 21.3 Å². The molecular formula is C24H19N3O5S2. The van der Waals surface area contributed by atoms with Crippen molar-refractivity contribution in [2.75, 3.05) is 6.79 Å². The summed E-state index contributed by atoms with van der Waals surface area (Å²) < 4.78 is 12.5. The average molecular weight is 494 g/mol. The number of fused-ring (bicyclic) bond motifs is 2. The SMILES string of the molecule is C=CCn1c(SCc2cc([N+](=O)[O-])cc3c2OCOC3)nc2scc(-c3ccccc3)c2c1=O. The second kappa shape index (κ2) is 9.41. The number of hydrogen-bond acceptors (Lipinski definition) is 8. The fraction of sp³-hybridized carbons (Fsp3) is 0.167. The minimum absolute atomic E-state index is 0.0268. The average Bonchev–Trinajstić information content (AvgIpc) is 3.29. The Hall–Kier alpha value is -3.47. The quantitative estimate of drug-likeness (QED) is 0.112. The van der Waals surface area contributed by atoms with E-state index in [1.54, 1.807) is 10.6 Å². The summed E-state index contributed by atoms with van der Waals surface area (Å²) in [7, 11) is 0. The second-order valence-corrected chi connectivity index (χ2v) is 9.34. The first-order chi connectivity index (χ1) is 16.6. The van der Waals surface area contributed by atoms with Gasteiger partial charge in [-0.3, -0.25) is 19.5 Å². The maximum Gasteiger partial charge on any atom is 0.270 e. The van der Waals surface area contributed by atoms with Crippen LogP contribution in [-0.2, 0) is 23.6 Å². The van der Waals surface area contributed by atoms with Crippen molar-refractivity contribution in [2.45, 2.75) is 24.1 Å². The summed E-state index contributed by atoms with van der Waals surface area (Å²) in [6, 6.07) is 12.7. The van der Waals surface area contributed by atoms with Crippen LogP contribution in [0.25, 0.3) is 21.3 Å². The molecule has 0 N–H and O–H groups in total. The topological polar surface area (TPSA) is 96.5 Å². The van der Waals surface area contributed by atoms with E-state index in [4.69, 9.17) is 14.5 Å². The molecule has 0 aliphatic carbocycles. The van der Waals surface area contributed by atoms with Gasteiger partial charge in [-0.05, 0) is 5.56 Å². The zero-order valence-corrected chi connectivity index (χ0v) is 19.6. The van der Waals surface area contributed by atoms with Crippen molar-refractivity contribution in [1.29, 1.82) is 0 Å². The normalized spacial score (nSPS) is 12.8. The third-order valence-electron chi connectivity index (χ3n) is 5.39. The van der Waals surface area contributed by atoms with Gasteiger partial charge in [-0.1, -0.05) is 48.2 Å². The summed E-state index contributed by atoms with van der Waals surface area (Å²) >= 11 is 2.76. The van der Waals surface area contributed by atoms with Gasteiger partial charge in [0.25, 0.3) is 11.2 Å². The zero-order valence-electron chi connectivity index (χ0n) is 17.9. The number of ether oxygens (including phenoxy) is 2. The van der Waals surface area contributed by atoms with Crippen LogP contribution in [0.2, 0.25) is 0 Å². The molecule has 10 heteroatoms. The highest BCUT2D eigenvalue weighted by molar-refractivity contribution is 7.98. The van der Waals surface area contributed by atoms with Gasteiger partial charge in [0.05, 0.1) is 16.9 Å². The Morgan fingerprint density at radius 1 is 1.29 bits per heavy atom. The number of non-ortho nitro benzene ring substituents is 1. The number of thiophene rings is 1. The van der Waals surface area contributed by atoms with E-state index < -0.39 is 4.92 Å². The largest absolute Gasteiger partial charge is 0.467 e. The number of nitro groups is 1. The van der Waals surface area contributed by atoms with Crippen LogP contribution < -0.4 is 10.3 Å². The summed E-state index contributed by atoms with van der Waals surface area (Å²) in [5.41, 5.74) is 2.94. The fourth-order valence-electron chi connectivity index (χ4n) is 3.87. The lowest BCUT2D eigenvalue weighted by molar-refractivity contribution is -0.385. The van der Waals surface area contributed by atoms with E-state index in [2.05, 4.69) is 6.58 Å². The molecule has 1 aliphatic heterocycles. The molecule has 0 saturated carbocycles.